The van der Waals surface area contributed by atoms with Crippen LogP contribution >= 0.6 is 0 Å². The van der Waals surface area contributed by atoms with Crippen LogP contribution in [0.5, 0.6) is 5.75 Å². The van der Waals surface area contributed by atoms with Gasteiger partial charge in [-0.3, -0.25) is 50.6 Å². The number of hydrogen-bond acceptors (Lipinski definition) is 19. The van der Waals surface area contributed by atoms with Crippen LogP contribution in [0.25, 0.3) is 0 Å². The maximum Gasteiger partial charge on any atom is 0.339 e. The summed E-state index contributed by atoms with van der Waals surface area (Å²) in [7, 11) is 1.56. The lowest BCUT2D eigenvalue weighted by Gasteiger charge is -2.35. The maximum absolute atomic E-state index is 13.7. The first-order valence-electron chi connectivity index (χ1n) is 18.9. The minimum absolute atomic E-state index is 0.0409. The number of carbonyl (C=O) groups is 4. The summed E-state index contributed by atoms with van der Waals surface area (Å²) in [6.45, 7) is 1.45. The molecule has 0 amide bonds. The van der Waals surface area contributed by atoms with E-state index in [9.17, 15) is 74.9 Å². The van der Waals surface area contributed by atoms with Gasteiger partial charge in [0.25, 0.3) is 28.4 Å². The second-order valence-corrected chi connectivity index (χ2v) is 14.1. The zero-order valence-electron chi connectivity index (χ0n) is 34.5. The smallest absolute Gasteiger partial charge is 0.339 e. The van der Waals surface area contributed by atoms with E-state index < -0.39 is 108 Å². The average molecular weight is 915 g/mol. The third kappa shape index (κ3) is 11.3. The lowest BCUT2D eigenvalue weighted by Crippen LogP contribution is -2.33. The molecule has 1 heterocycles. The molecule has 0 saturated heterocycles. The molecule has 0 aliphatic carbocycles. The topological polar surface area (TPSA) is 344 Å². The molecule has 0 unspecified atom stereocenters. The van der Waals surface area contributed by atoms with Gasteiger partial charge < -0.3 is 29.0 Å². The third-order valence-electron chi connectivity index (χ3n) is 10.0. The molecular weight excluding hydrogens is 880 g/mol. The van der Waals surface area contributed by atoms with Gasteiger partial charge in [-0.05, 0) is 37.1 Å². The van der Waals surface area contributed by atoms with Crippen molar-refractivity contribution in [3.8, 4) is 5.75 Å². The van der Waals surface area contributed by atoms with Crippen LogP contribution in [0.3, 0.4) is 0 Å². The van der Waals surface area contributed by atoms with E-state index in [4.69, 9.17) is 18.9 Å². The fourth-order valence-electron chi connectivity index (χ4n) is 6.59. The predicted molar refractivity (Wildman–Crippen MR) is 222 cm³/mol. The van der Waals surface area contributed by atoms with E-state index in [0.29, 0.717) is 53.4 Å². The molecular formula is C41H34N6O19. The number of ether oxygens (including phenoxy) is 4. The summed E-state index contributed by atoms with van der Waals surface area (Å²) in [6.07, 6.45) is -1.45. The Morgan fingerprint density at radius 1 is 0.621 bits per heavy atom. The summed E-state index contributed by atoms with van der Waals surface area (Å²) in [5, 5.41) is 67.2. The van der Waals surface area contributed by atoms with E-state index >= 15 is 0 Å². The zero-order chi connectivity index (χ0) is 48.6. The monoisotopic (exact) mass is 914 g/mol. The largest absolute Gasteiger partial charge is 0.490 e. The summed E-state index contributed by atoms with van der Waals surface area (Å²) in [5.74, 6) is -5.97. The van der Waals surface area contributed by atoms with Crippen molar-refractivity contribution in [2.24, 2.45) is 0 Å². The SMILES string of the molecule is CC1=C(C(=O)O)[C@@H](c2cccc([N+](=O)[O-])c2)C(C(=O)OCCc2ccc(OC[C@H](COC(=O)c3cc([N+](=O)[O-])cc([N+](=O)[O-])c3)OC(=O)c3cc([N+](=O)[O-])cc([N+](=O)[O-])c3)cc2)=C(C)N1C. The summed E-state index contributed by atoms with van der Waals surface area (Å²) in [6, 6.07) is 15.3. The molecule has 0 radical (unpaired) electrons. The number of nitro groups is 5. The van der Waals surface area contributed by atoms with E-state index in [1.165, 1.54) is 41.3 Å². The van der Waals surface area contributed by atoms with Crippen LogP contribution < -0.4 is 4.74 Å². The summed E-state index contributed by atoms with van der Waals surface area (Å²) in [5.41, 5.74) is -3.60. The minimum Gasteiger partial charge on any atom is -0.490 e. The van der Waals surface area contributed by atoms with Gasteiger partial charge in [0.15, 0.2) is 6.10 Å². The van der Waals surface area contributed by atoms with Crippen LogP contribution in [0.4, 0.5) is 28.4 Å². The van der Waals surface area contributed by atoms with Crippen molar-refractivity contribution in [2.75, 3.05) is 26.9 Å². The van der Waals surface area contributed by atoms with Crippen molar-refractivity contribution in [1.29, 1.82) is 0 Å². The molecule has 1 aliphatic rings. The number of aliphatic carboxylic acids is 1. The molecule has 25 nitrogen and oxygen atoms in total. The molecule has 4 aromatic carbocycles. The number of carbonyl (C=O) groups excluding carboxylic acids is 3. The van der Waals surface area contributed by atoms with E-state index in [2.05, 4.69) is 0 Å². The predicted octanol–water partition coefficient (Wildman–Crippen LogP) is 6.14. The van der Waals surface area contributed by atoms with E-state index in [1.807, 2.05) is 0 Å². The Morgan fingerprint density at radius 3 is 1.62 bits per heavy atom. The Bertz CT molecular complexity index is 2690. The van der Waals surface area contributed by atoms with Crippen molar-refractivity contribution < 1.29 is 67.8 Å². The van der Waals surface area contributed by atoms with Gasteiger partial charge in [0.1, 0.15) is 19.0 Å². The number of hydrogen-bond donors (Lipinski definition) is 1. The molecule has 1 N–H and O–H groups in total. The van der Waals surface area contributed by atoms with Crippen LogP contribution in [0.15, 0.2) is 107 Å². The zero-order valence-corrected chi connectivity index (χ0v) is 34.5. The molecule has 5 rings (SSSR count). The van der Waals surface area contributed by atoms with Crippen LogP contribution in [0, 0.1) is 50.6 Å². The number of carboxylic acid groups (broad SMARTS) is 1. The molecule has 66 heavy (non-hydrogen) atoms. The first kappa shape index (κ1) is 47.9. The van der Waals surface area contributed by atoms with Crippen molar-refractivity contribution in [2.45, 2.75) is 32.3 Å². The number of benzene rings is 4. The fourth-order valence-corrected chi connectivity index (χ4v) is 6.59. The quantitative estimate of drug-likeness (QED) is 0.0478. The highest BCUT2D eigenvalue weighted by Crippen LogP contribution is 2.42. The number of carboxylic acids is 1. The number of esters is 3. The molecule has 1 aliphatic heterocycles. The summed E-state index contributed by atoms with van der Waals surface area (Å²) in [4.78, 5) is 106. The maximum atomic E-state index is 13.7. The lowest BCUT2D eigenvalue weighted by molar-refractivity contribution is -0.394. The number of nitro benzene ring substituents is 5. The van der Waals surface area contributed by atoms with Crippen LogP contribution in [-0.4, -0.2) is 91.5 Å². The minimum atomic E-state index is -1.57. The fraction of sp³-hybridized carbons (Fsp3) is 0.220. The number of allylic oxidation sites excluding steroid dienone is 2. The molecule has 4 aromatic rings. The molecule has 0 aromatic heterocycles. The van der Waals surface area contributed by atoms with Crippen molar-refractivity contribution >= 4 is 52.3 Å². The van der Waals surface area contributed by atoms with Gasteiger partial charge in [-0.1, -0.05) is 24.3 Å². The first-order valence-corrected chi connectivity index (χ1v) is 18.9. The number of non-ortho nitro benzene ring substituents is 5. The molecule has 0 spiro atoms. The van der Waals surface area contributed by atoms with Crippen molar-refractivity contribution in [1.82, 2.24) is 4.90 Å². The molecule has 342 valence electrons. The van der Waals surface area contributed by atoms with Gasteiger partial charge in [0.2, 0.25) is 0 Å². The van der Waals surface area contributed by atoms with E-state index in [0.717, 1.165) is 0 Å². The van der Waals surface area contributed by atoms with Crippen LogP contribution in [0.2, 0.25) is 0 Å². The summed E-state index contributed by atoms with van der Waals surface area (Å²) >= 11 is 0. The van der Waals surface area contributed by atoms with Gasteiger partial charge in [-0.15, -0.1) is 0 Å². The summed E-state index contributed by atoms with van der Waals surface area (Å²) < 4.78 is 21.8. The Hall–Kier alpha value is -9.16. The molecule has 0 fully saturated rings. The Morgan fingerprint density at radius 2 is 1.12 bits per heavy atom. The normalized spacial score (nSPS) is 13.9. The van der Waals surface area contributed by atoms with E-state index in [-0.39, 0.29) is 41.2 Å². The third-order valence-corrected chi connectivity index (χ3v) is 10.0. The molecule has 2 atom stereocenters. The first-order chi connectivity index (χ1) is 31.2. The van der Waals surface area contributed by atoms with Crippen LogP contribution in [-0.2, 0) is 30.2 Å². The second-order valence-electron chi connectivity index (χ2n) is 14.1. The number of rotatable bonds is 19. The molecule has 0 saturated carbocycles. The van der Waals surface area contributed by atoms with Gasteiger partial charge >= 0.3 is 23.9 Å². The highest BCUT2D eigenvalue weighted by atomic mass is 16.6. The van der Waals surface area contributed by atoms with E-state index in [1.54, 1.807) is 33.0 Å². The van der Waals surface area contributed by atoms with Gasteiger partial charge in [0.05, 0.1) is 71.5 Å². The average Bonchev–Trinajstić information content (AvgIpc) is 3.28. The highest BCUT2D eigenvalue weighted by Gasteiger charge is 2.39. The van der Waals surface area contributed by atoms with Gasteiger partial charge in [0, 0.05) is 61.3 Å². The van der Waals surface area contributed by atoms with Gasteiger partial charge in [-0.25, -0.2) is 19.2 Å². The Labute approximate surface area is 369 Å². The second kappa shape index (κ2) is 20.4. The molecule has 25 heteroatoms. The van der Waals surface area contributed by atoms with Crippen molar-refractivity contribution in [3.63, 3.8) is 0 Å². The highest BCUT2D eigenvalue weighted by molar-refractivity contribution is 5.99. The Kier molecular flexibility index (Phi) is 14.8. The Balaban J connectivity index is 1.30. The molecule has 0 bridgehead atoms. The lowest BCUT2D eigenvalue weighted by atomic mass is 9.80. The van der Waals surface area contributed by atoms with Crippen molar-refractivity contribution in [3.05, 3.63) is 180 Å². The number of nitrogens with zero attached hydrogens (tertiary/aromatic N) is 6. The van der Waals surface area contributed by atoms with Crippen LogP contribution in [0.1, 0.15) is 51.6 Å². The standard InChI is InChI=1S/C41H34N6O19/c1-22-35(38(48)49)37(25-5-4-6-28(13-25)43(53)54)36(23(2)42(22)3)41(52)63-12-11-24-7-9-33(10-8-24)64-20-34(66-40(51)27-16-31(46(59)60)19-32(17-27)47(61)62)21-65-39(50)26-14-29(44(55)56)18-30(15-26)45(57)58/h4-10,13-19,34,37H,11-12,20-21H2,1-3H3,(H,48,49)/t34-,37-/m1/s1. The van der Waals surface area contributed by atoms with Gasteiger partial charge in [-0.2, -0.15) is 0 Å².